The van der Waals surface area contributed by atoms with Gasteiger partial charge in [-0.3, -0.25) is 0 Å². The van der Waals surface area contributed by atoms with Crippen molar-refractivity contribution in [3.63, 3.8) is 0 Å². The molecular formula is C9H16O2S. The molecule has 0 heterocycles. The summed E-state index contributed by atoms with van der Waals surface area (Å²) in [5.41, 5.74) is 0. The van der Waals surface area contributed by atoms with E-state index in [9.17, 15) is 8.42 Å². The zero-order chi connectivity index (χ0) is 9.61. The third kappa shape index (κ3) is 3.72. The van der Waals surface area contributed by atoms with Crippen LogP contribution in [0.1, 0.15) is 26.2 Å². The Morgan fingerprint density at radius 2 is 2.00 bits per heavy atom. The van der Waals surface area contributed by atoms with Crippen LogP contribution in [0.15, 0.2) is 24.1 Å². The highest BCUT2D eigenvalue weighted by Crippen LogP contribution is 2.08. The van der Waals surface area contributed by atoms with Crippen molar-refractivity contribution in [3.8, 4) is 0 Å². The number of sulfone groups is 1. The van der Waals surface area contributed by atoms with Gasteiger partial charge in [-0.25, -0.2) is 8.42 Å². The minimum absolute atomic E-state index is 0.138. The second-order valence-corrected chi connectivity index (χ2v) is 4.86. The van der Waals surface area contributed by atoms with Crippen LogP contribution in [0.5, 0.6) is 0 Å². The molecule has 0 aliphatic carbocycles. The van der Waals surface area contributed by atoms with Crippen molar-refractivity contribution >= 4 is 9.84 Å². The average Bonchev–Trinajstić information content (AvgIpc) is 2.03. The molecule has 0 rings (SSSR count). The van der Waals surface area contributed by atoms with Crippen molar-refractivity contribution in [2.45, 2.75) is 26.2 Å². The molecule has 12 heavy (non-hydrogen) atoms. The predicted molar refractivity (Wildman–Crippen MR) is 52.6 cm³/mol. The van der Waals surface area contributed by atoms with Gasteiger partial charge < -0.3 is 0 Å². The molecule has 0 atom stereocenters. The van der Waals surface area contributed by atoms with E-state index in [1.807, 2.05) is 6.92 Å². The van der Waals surface area contributed by atoms with Crippen LogP contribution in [0.25, 0.3) is 0 Å². The van der Waals surface area contributed by atoms with Gasteiger partial charge in [0.05, 0.1) is 10.7 Å². The van der Waals surface area contributed by atoms with Gasteiger partial charge in [-0.05, 0) is 6.42 Å². The lowest BCUT2D eigenvalue weighted by atomic mass is 10.3. The summed E-state index contributed by atoms with van der Waals surface area (Å²) in [6, 6.07) is 0. The highest BCUT2D eigenvalue weighted by molar-refractivity contribution is 7.95. The third-order valence-electron chi connectivity index (χ3n) is 1.64. The van der Waals surface area contributed by atoms with Crippen LogP contribution >= 0.6 is 0 Å². The highest BCUT2D eigenvalue weighted by atomic mass is 32.2. The molecule has 0 saturated carbocycles. The monoisotopic (exact) mass is 188 g/mol. The maximum atomic E-state index is 11.3. The maximum Gasteiger partial charge on any atom is 0.177 e. The van der Waals surface area contributed by atoms with E-state index in [-0.39, 0.29) is 10.7 Å². The Bertz CT molecular complexity index is 250. The molecule has 3 heteroatoms. The van der Waals surface area contributed by atoms with Crippen LogP contribution in [-0.2, 0) is 9.84 Å². The molecule has 0 fully saturated rings. The summed E-state index contributed by atoms with van der Waals surface area (Å²) in [5, 5.41) is 0. The molecule has 0 saturated heterocycles. The minimum atomic E-state index is -3.10. The summed E-state index contributed by atoms with van der Waals surface area (Å²) in [5.74, 6) is 0.200. The summed E-state index contributed by atoms with van der Waals surface area (Å²) >= 11 is 0. The smallest absolute Gasteiger partial charge is 0.177 e. The summed E-state index contributed by atoms with van der Waals surface area (Å²) in [7, 11) is -3.10. The molecule has 0 unspecified atom stereocenters. The molecule has 0 N–H and O–H groups in total. The fraction of sp³-hybridized carbons (Fsp3) is 0.556. The number of rotatable bonds is 6. The first-order valence-electron chi connectivity index (χ1n) is 4.08. The molecule has 0 aromatic rings. The van der Waals surface area contributed by atoms with Crippen molar-refractivity contribution < 1.29 is 8.42 Å². The first kappa shape index (κ1) is 11.4. The molecule has 0 aliphatic heterocycles. The fourth-order valence-corrected chi connectivity index (χ4v) is 1.90. The van der Waals surface area contributed by atoms with Gasteiger partial charge in [0.25, 0.3) is 0 Å². The molecule has 2 nitrogen and oxygen atoms in total. The lowest BCUT2D eigenvalue weighted by Crippen LogP contribution is -2.06. The molecule has 0 amide bonds. The fourth-order valence-electron chi connectivity index (χ4n) is 0.800. The van der Waals surface area contributed by atoms with Crippen LogP contribution in [0.4, 0.5) is 0 Å². The summed E-state index contributed by atoms with van der Waals surface area (Å²) in [4.78, 5) is 0.138. The average molecular weight is 188 g/mol. The Morgan fingerprint density at radius 1 is 1.42 bits per heavy atom. The van der Waals surface area contributed by atoms with Gasteiger partial charge in [-0.1, -0.05) is 39.0 Å². The van der Waals surface area contributed by atoms with Gasteiger partial charge in [0, 0.05) is 0 Å². The molecule has 0 spiro atoms. The quantitative estimate of drug-likeness (QED) is 0.473. The zero-order valence-electron chi connectivity index (χ0n) is 7.54. The molecule has 0 bridgehead atoms. The van der Waals surface area contributed by atoms with Gasteiger partial charge in [-0.2, -0.15) is 0 Å². The zero-order valence-corrected chi connectivity index (χ0v) is 8.36. The normalized spacial score (nSPS) is 11.1. The second-order valence-electron chi connectivity index (χ2n) is 2.70. The number of allylic oxidation sites excluding steroid dienone is 1. The Balaban J connectivity index is 4.06. The van der Waals surface area contributed by atoms with Crippen LogP contribution in [0.3, 0.4) is 0 Å². The Morgan fingerprint density at radius 3 is 2.42 bits per heavy atom. The first-order chi connectivity index (χ1) is 5.54. The van der Waals surface area contributed by atoms with E-state index >= 15 is 0 Å². The minimum Gasteiger partial charge on any atom is -0.224 e. The van der Waals surface area contributed by atoms with E-state index in [0.717, 1.165) is 12.8 Å². The van der Waals surface area contributed by atoms with Gasteiger partial charge in [0.15, 0.2) is 9.84 Å². The van der Waals surface area contributed by atoms with Gasteiger partial charge in [0.2, 0.25) is 0 Å². The van der Waals surface area contributed by atoms with E-state index < -0.39 is 9.84 Å². The summed E-state index contributed by atoms with van der Waals surface area (Å²) in [6.45, 7) is 8.83. The third-order valence-corrected chi connectivity index (χ3v) is 3.44. The van der Waals surface area contributed by atoms with Crippen molar-refractivity contribution in [2.24, 2.45) is 0 Å². The van der Waals surface area contributed by atoms with Crippen LogP contribution < -0.4 is 0 Å². The van der Waals surface area contributed by atoms with Crippen molar-refractivity contribution in [1.29, 1.82) is 0 Å². The van der Waals surface area contributed by atoms with Gasteiger partial charge >= 0.3 is 0 Å². The van der Waals surface area contributed by atoms with E-state index in [1.54, 1.807) is 0 Å². The Hall–Kier alpha value is -0.570. The lowest BCUT2D eigenvalue weighted by molar-refractivity contribution is 0.598. The molecule has 0 aromatic heterocycles. The largest absolute Gasteiger partial charge is 0.224 e. The van der Waals surface area contributed by atoms with Crippen LogP contribution in [0, 0.1) is 0 Å². The maximum absolute atomic E-state index is 11.3. The molecule has 0 aromatic carbocycles. The number of hydrogen-bond acceptors (Lipinski definition) is 2. The second kappa shape index (κ2) is 5.14. The molecule has 0 aliphatic rings. The van der Waals surface area contributed by atoms with Crippen molar-refractivity contribution in [3.05, 3.63) is 24.1 Å². The Kier molecular flexibility index (Phi) is 4.90. The number of unbranched alkanes of at least 4 members (excludes halogenated alkanes) is 2. The van der Waals surface area contributed by atoms with E-state index in [1.165, 1.54) is 6.08 Å². The molecule has 0 radical (unpaired) electrons. The number of hydrogen-bond donors (Lipinski definition) is 0. The van der Waals surface area contributed by atoms with E-state index in [4.69, 9.17) is 0 Å². The molecular weight excluding hydrogens is 172 g/mol. The summed E-state index contributed by atoms with van der Waals surface area (Å²) in [6.07, 6.45) is 3.98. The standard InChI is InChI=1S/C9H16O2S/c1-4-6-7-8-12(10,11)9(3)5-2/h5H,2-4,6-8H2,1H3. The van der Waals surface area contributed by atoms with Crippen molar-refractivity contribution in [1.82, 2.24) is 0 Å². The van der Waals surface area contributed by atoms with Gasteiger partial charge in [0.1, 0.15) is 0 Å². The Labute approximate surface area is 74.9 Å². The van der Waals surface area contributed by atoms with Crippen LogP contribution in [-0.4, -0.2) is 14.2 Å². The predicted octanol–water partition coefficient (Wildman–Crippen LogP) is 2.29. The lowest BCUT2D eigenvalue weighted by Gasteiger charge is -2.01. The summed E-state index contributed by atoms with van der Waals surface area (Å²) < 4.78 is 22.5. The topological polar surface area (TPSA) is 34.1 Å². The highest BCUT2D eigenvalue weighted by Gasteiger charge is 2.11. The molecule has 70 valence electrons. The van der Waals surface area contributed by atoms with Crippen molar-refractivity contribution in [2.75, 3.05) is 5.75 Å². The van der Waals surface area contributed by atoms with Gasteiger partial charge in [-0.15, -0.1) is 0 Å². The SMILES string of the molecule is C=CC(=C)S(=O)(=O)CCCCC. The van der Waals surface area contributed by atoms with E-state index in [0.29, 0.717) is 6.42 Å². The first-order valence-corrected chi connectivity index (χ1v) is 5.74. The van der Waals surface area contributed by atoms with Crippen LogP contribution in [0.2, 0.25) is 0 Å². The van der Waals surface area contributed by atoms with E-state index in [2.05, 4.69) is 13.2 Å².